The smallest absolute Gasteiger partial charge is 0.343 e. The molecule has 0 amide bonds. The molecule has 0 unspecified atom stereocenters. The van der Waals surface area contributed by atoms with Gasteiger partial charge in [-0.2, -0.15) is 12.6 Å². The minimum atomic E-state index is -0.421. The Labute approximate surface area is 231 Å². The van der Waals surface area contributed by atoms with E-state index in [1.165, 1.54) is 5.56 Å². The summed E-state index contributed by atoms with van der Waals surface area (Å²) in [5, 5.41) is 12.6. The maximum Gasteiger partial charge on any atom is 0.343 e. The highest BCUT2D eigenvalue weighted by Crippen LogP contribution is 2.38. The second-order valence-corrected chi connectivity index (χ2v) is 9.45. The summed E-state index contributed by atoms with van der Waals surface area (Å²) < 4.78 is 13.4. The van der Waals surface area contributed by atoms with Crippen molar-refractivity contribution < 1.29 is 14.3 Å². The fourth-order valence-corrected chi connectivity index (χ4v) is 4.83. The van der Waals surface area contributed by atoms with Crippen LogP contribution >= 0.6 is 12.6 Å². The van der Waals surface area contributed by atoms with E-state index in [0.29, 0.717) is 42.5 Å². The molecule has 6 rings (SSSR count). The fourth-order valence-electron chi connectivity index (χ4n) is 4.62. The molecule has 1 aliphatic rings. The van der Waals surface area contributed by atoms with E-state index in [1.54, 1.807) is 36.4 Å². The summed E-state index contributed by atoms with van der Waals surface area (Å²) in [6.45, 7) is 1.61. The zero-order valence-corrected chi connectivity index (χ0v) is 22.0. The van der Waals surface area contributed by atoms with Gasteiger partial charge in [0.1, 0.15) is 23.8 Å². The molecule has 0 atom stereocenters. The summed E-state index contributed by atoms with van der Waals surface area (Å²) in [5.41, 5.74) is 7.65. The molecule has 5 aromatic rings. The number of fused-ring (bicyclic) bond motifs is 5. The number of ether oxygens (including phenoxy) is 2. The van der Waals surface area contributed by atoms with Gasteiger partial charge < -0.3 is 14.8 Å². The molecule has 0 saturated heterocycles. The van der Waals surface area contributed by atoms with E-state index in [0.717, 1.165) is 33.8 Å². The molecule has 1 N–H and O–H groups in total. The SMILES string of the molecule is O=C(Oc1ccc(CS)cc1)c1ccc(OCCn2nnc3c2-c2ccccc2CNc2ccccc2-3)cc1. The highest BCUT2D eigenvalue weighted by molar-refractivity contribution is 7.79. The van der Waals surface area contributed by atoms with Crippen molar-refractivity contribution in [2.45, 2.75) is 18.8 Å². The number of carbonyl (C=O) groups is 1. The van der Waals surface area contributed by atoms with Gasteiger partial charge in [0, 0.05) is 29.1 Å². The molecule has 0 fully saturated rings. The summed E-state index contributed by atoms with van der Waals surface area (Å²) in [7, 11) is 0. The first-order valence-corrected chi connectivity index (χ1v) is 13.3. The summed E-state index contributed by atoms with van der Waals surface area (Å²) >= 11 is 4.24. The van der Waals surface area contributed by atoms with Crippen molar-refractivity contribution in [3.8, 4) is 34.0 Å². The van der Waals surface area contributed by atoms with Crippen LogP contribution in [-0.4, -0.2) is 27.6 Å². The molecular weight excluding hydrogens is 508 g/mol. The Bertz CT molecular complexity index is 1610. The van der Waals surface area contributed by atoms with Gasteiger partial charge in [-0.15, -0.1) is 5.10 Å². The van der Waals surface area contributed by atoms with Crippen molar-refractivity contribution in [3.63, 3.8) is 0 Å². The monoisotopic (exact) mass is 534 g/mol. The number of benzene rings is 4. The molecule has 8 heteroatoms. The van der Waals surface area contributed by atoms with Crippen LogP contribution in [0, 0.1) is 0 Å². The third-order valence-corrected chi connectivity index (χ3v) is 7.00. The molecule has 1 aromatic heterocycles. The number of thiol groups is 1. The average Bonchev–Trinajstić information content (AvgIpc) is 3.39. The number of nitrogens with zero attached hydrogens (tertiary/aromatic N) is 3. The highest BCUT2D eigenvalue weighted by atomic mass is 32.1. The van der Waals surface area contributed by atoms with Crippen LogP contribution in [0.15, 0.2) is 97.1 Å². The van der Waals surface area contributed by atoms with Crippen molar-refractivity contribution in [3.05, 3.63) is 114 Å². The van der Waals surface area contributed by atoms with E-state index in [9.17, 15) is 4.79 Å². The van der Waals surface area contributed by atoms with Crippen LogP contribution < -0.4 is 14.8 Å². The van der Waals surface area contributed by atoms with Gasteiger partial charge in [0.05, 0.1) is 17.8 Å². The van der Waals surface area contributed by atoms with Gasteiger partial charge in [0.15, 0.2) is 0 Å². The topological polar surface area (TPSA) is 78.3 Å². The van der Waals surface area contributed by atoms with Gasteiger partial charge >= 0.3 is 5.97 Å². The molecule has 7 nitrogen and oxygen atoms in total. The number of esters is 1. The lowest BCUT2D eigenvalue weighted by Crippen LogP contribution is -2.13. The zero-order chi connectivity index (χ0) is 26.6. The third-order valence-electron chi connectivity index (χ3n) is 6.64. The van der Waals surface area contributed by atoms with E-state index in [1.807, 2.05) is 41.1 Å². The quantitative estimate of drug-likeness (QED) is 0.146. The summed E-state index contributed by atoms with van der Waals surface area (Å²) in [6.07, 6.45) is 0. The van der Waals surface area contributed by atoms with E-state index in [2.05, 4.69) is 52.5 Å². The molecule has 0 bridgehead atoms. The number of carbonyl (C=O) groups excluding carboxylic acids is 1. The van der Waals surface area contributed by atoms with Crippen LogP contribution in [-0.2, 0) is 18.8 Å². The van der Waals surface area contributed by atoms with Crippen molar-refractivity contribution in [1.82, 2.24) is 15.0 Å². The van der Waals surface area contributed by atoms with Crippen molar-refractivity contribution in [2.75, 3.05) is 11.9 Å². The van der Waals surface area contributed by atoms with Crippen molar-refractivity contribution in [2.24, 2.45) is 0 Å². The van der Waals surface area contributed by atoms with Gasteiger partial charge in [-0.05, 0) is 53.6 Å². The molecule has 0 radical (unpaired) electrons. The number of rotatable bonds is 7. The normalized spacial score (nSPS) is 11.7. The Hall–Kier alpha value is -4.56. The molecule has 0 aliphatic carbocycles. The lowest BCUT2D eigenvalue weighted by Gasteiger charge is -2.19. The van der Waals surface area contributed by atoms with E-state index in [-0.39, 0.29) is 0 Å². The maximum atomic E-state index is 12.5. The summed E-state index contributed by atoms with van der Waals surface area (Å²) in [4.78, 5) is 12.5. The predicted molar refractivity (Wildman–Crippen MR) is 154 cm³/mol. The summed E-state index contributed by atoms with van der Waals surface area (Å²) in [6, 6.07) is 30.7. The second kappa shape index (κ2) is 11.0. The van der Waals surface area contributed by atoms with Gasteiger partial charge in [-0.3, -0.25) is 0 Å². The molecular formula is C31H26N4O3S. The number of nitrogens with one attached hydrogen (secondary N) is 1. The van der Waals surface area contributed by atoms with E-state index < -0.39 is 5.97 Å². The average molecular weight is 535 g/mol. The van der Waals surface area contributed by atoms with Crippen LogP contribution in [0.2, 0.25) is 0 Å². The number of hydrogen-bond acceptors (Lipinski definition) is 7. The maximum absolute atomic E-state index is 12.5. The van der Waals surface area contributed by atoms with Gasteiger partial charge in [0.2, 0.25) is 0 Å². The molecule has 0 saturated carbocycles. The molecule has 2 heterocycles. The van der Waals surface area contributed by atoms with E-state index >= 15 is 0 Å². The third kappa shape index (κ3) is 5.24. The Morgan fingerprint density at radius 1 is 0.872 bits per heavy atom. The summed E-state index contributed by atoms with van der Waals surface area (Å²) in [5.74, 6) is 1.36. The largest absolute Gasteiger partial charge is 0.492 e. The standard InChI is InChI=1S/C31H26N4O3S/c36-31(38-25-13-9-21(20-39)10-14-25)22-11-15-24(16-12-22)37-18-17-35-30-26-6-2-1-5-23(26)19-32-28-8-4-3-7-27(28)29(30)33-34-35/h1-16,32,39H,17-20H2. The molecule has 1 aliphatic heterocycles. The van der Waals surface area contributed by atoms with Crippen LogP contribution in [0.1, 0.15) is 21.5 Å². The van der Waals surface area contributed by atoms with Crippen LogP contribution in [0.3, 0.4) is 0 Å². The van der Waals surface area contributed by atoms with Crippen LogP contribution in [0.5, 0.6) is 11.5 Å². The van der Waals surface area contributed by atoms with Crippen molar-refractivity contribution in [1.29, 1.82) is 0 Å². The first kappa shape index (κ1) is 24.8. The van der Waals surface area contributed by atoms with Gasteiger partial charge in [-0.25, -0.2) is 9.48 Å². The van der Waals surface area contributed by atoms with Gasteiger partial charge in [0.25, 0.3) is 0 Å². The first-order chi connectivity index (χ1) is 19.2. The zero-order valence-electron chi connectivity index (χ0n) is 21.1. The van der Waals surface area contributed by atoms with E-state index in [4.69, 9.17) is 9.47 Å². The number of para-hydroxylation sites is 1. The predicted octanol–water partition coefficient (Wildman–Crippen LogP) is 6.27. The number of aromatic nitrogens is 3. The Morgan fingerprint density at radius 3 is 2.38 bits per heavy atom. The Kier molecular flexibility index (Phi) is 7.01. The van der Waals surface area contributed by atoms with Crippen LogP contribution in [0.25, 0.3) is 22.5 Å². The minimum Gasteiger partial charge on any atom is -0.492 e. The lowest BCUT2D eigenvalue weighted by molar-refractivity contribution is 0.0734. The lowest BCUT2D eigenvalue weighted by atomic mass is 9.97. The second-order valence-electron chi connectivity index (χ2n) is 9.13. The Balaban J connectivity index is 1.15. The fraction of sp³-hybridized carbons (Fsp3) is 0.129. The van der Waals surface area contributed by atoms with Crippen molar-refractivity contribution >= 4 is 24.3 Å². The molecule has 0 spiro atoms. The highest BCUT2D eigenvalue weighted by Gasteiger charge is 2.23. The minimum absolute atomic E-state index is 0.388. The number of anilines is 1. The van der Waals surface area contributed by atoms with Gasteiger partial charge in [-0.1, -0.05) is 59.8 Å². The number of hydrogen-bond donors (Lipinski definition) is 2. The molecule has 39 heavy (non-hydrogen) atoms. The first-order valence-electron chi connectivity index (χ1n) is 12.7. The Morgan fingerprint density at radius 2 is 1.59 bits per heavy atom. The molecule has 194 valence electrons. The molecule has 4 aromatic carbocycles. The van der Waals surface area contributed by atoms with Crippen LogP contribution in [0.4, 0.5) is 5.69 Å².